The van der Waals surface area contributed by atoms with Gasteiger partial charge in [-0.2, -0.15) is 0 Å². The van der Waals surface area contributed by atoms with E-state index in [-0.39, 0.29) is 17.1 Å². The fourth-order valence-electron chi connectivity index (χ4n) is 2.93. The number of imidazole rings is 1. The third-order valence-electron chi connectivity index (χ3n) is 4.36. The van der Waals surface area contributed by atoms with Crippen LogP contribution in [0.5, 0.6) is 0 Å². The Bertz CT molecular complexity index is 1140. The number of hydrogen-bond acceptors (Lipinski definition) is 4. The van der Waals surface area contributed by atoms with Crippen LogP contribution in [0.1, 0.15) is 26.2 Å². The van der Waals surface area contributed by atoms with Gasteiger partial charge < -0.3 is 10.3 Å². The van der Waals surface area contributed by atoms with E-state index >= 15 is 0 Å². The summed E-state index contributed by atoms with van der Waals surface area (Å²) in [6.07, 6.45) is 2.23. The number of aromatic amines is 1. The number of unbranched alkanes of at least 4 members (excludes halogenated alkanes) is 2. The van der Waals surface area contributed by atoms with Crippen LogP contribution in [0.4, 0.5) is 14.5 Å². The van der Waals surface area contributed by atoms with E-state index < -0.39 is 33.1 Å². The average Bonchev–Trinajstić information content (AvgIpc) is 3.06. The Kier molecular flexibility index (Phi) is 6.26. The quantitative estimate of drug-likeness (QED) is 0.537. The predicted molar refractivity (Wildman–Crippen MR) is 108 cm³/mol. The Morgan fingerprint density at radius 1 is 1.14 bits per heavy atom. The summed E-state index contributed by atoms with van der Waals surface area (Å²) in [5.74, 6) is -2.29. The summed E-state index contributed by atoms with van der Waals surface area (Å²) in [5, 5.41) is 2.55. The van der Waals surface area contributed by atoms with Gasteiger partial charge in [0.2, 0.25) is 5.91 Å². The third kappa shape index (κ3) is 5.38. The number of aromatic nitrogens is 2. The molecule has 154 valence electrons. The largest absolute Gasteiger partial charge is 0.338 e. The summed E-state index contributed by atoms with van der Waals surface area (Å²) in [6, 6.07) is 7.80. The zero-order valence-electron chi connectivity index (χ0n) is 15.8. The zero-order chi connectivity index (χ0) is 21.0. The SMILES string of the molecule is CCCCCS(=O)(=O)CC(=O)Nc1ccc2nc(-c3cc(F)ccc3F)[nH]c2c1. The Morgan fingerprint density at radius 3 is 2.69 bits per heavy atom. The number of carbonyl (C=O) groups excluding carboxylic acids is 1. The molecule has 0 fully saturated rings. The number of hydrogen-bond donors (Lipinski definition) is 2. The minimum absolute atomic E-state index is 0.00930. The molecule has 0 aliphatic heterocycles. The first-order chi connectivity index (χ1) is 13.8. The molecule has 3 aromatic rings. The number of benzene rings is 2. The van der Waals surface area contributed by atoms with Crippen molar-refractivity contribution in [2.45, 2.75) is 26.2 Å². The summed E-state index contributed by atoms with van der Waals surface area (Å²) < 4.78 is 51.4. The van der Waals surface area contributed by atoms with E-state index in [1.807, 2.05) is 6.92 Å². The van der Waals surface area contributed by atoms with Crippen molar-refractivity contribution in [3.63, 3.8) is 0 Å². The molecule has 0 bridgehead atoms. The molecule has 0 aliphatic carbocycles. The lowest BCUT2D eigenvalue weighted by Gasteiger charge is -2.06. The molecule has 1 aromatic heterocycles. The summed E-state index contributed by atoms with van der Waals surface area (Å²) in [4.78, 5) is 19.2. The Morgan fingerprint density at radius 2 is 1.93 bits per heavy atom. The second kappa shape index (κ2) is 8.69. The number of sulfone groups is 1. The fraction of sp³-hybridized carbons (Fsp3) is 0.300. The molecule has 2 aromatic carbocycles. The molecule has 1 heterocycles. The van der Waals surface area contributed by atoms with Crippen LogP contribution in [-0.2, 0) is 14.6 Å². The van der Waals surface area contributed by atoms with E-state index in [1.165, 1.54) is 0 Å². The van der Waals surface area contributed by atoms with E-state index in [1.54, 1.807) is 18.2 Å². The number of amides is 1. The van der Waals surface area contributed by atoms with Crippen molar-refractivity contribution in [1.29, 1.82) is 0 Å². The van der Waals surface area contributed by atoms with Crippen molar-refractivity contribution in [1.82, 2.24) is 9.97 Å². The van der Waals surface area contributed by atoms with Gasteiger partial charge in [-0.05, 0) is 42.8 Å². The van der Waals surface area contributed by atoms with Crippen LogP contribution < -0.4 is 5.32 Å². The van der Waals surface area contributed by atoms with Crippen molar-refractivity contribution < 1.29 is 22.0 Å². The van der Waals surface area contributed by atoms with Crippen LogP contribution in [0.15, 0.2) is 36.4 Å². The molecular weight excluding hydrogens is 400 g/mol. The van der Waals surface area contributed by atoms with Gasteiger partial charge in [-0.3, -0.25) is 4.79 Å². The number of fused-ring (bicyclic) bond motifs is 1. The van der Waals surface area contributed by atoms with E-state index in [0.717, 1.165) is 31.0 Å². The lowest BCUT2D eigenvalue weighted by atomic mass is 10.2. The van der Waals surface area contributed by atoms with E-state index in [4.69, 9.17) is 0 Å². The number of rotatable bonds is 8. The van der Waals surface area contributed by atoms with Crippen LogP contribution in [0.3, 0.4) is 0 Å². The van der Waals surface area contributed by atoms with Crippen molar-refractivity contribution in [3.8, 4) is 11.4 Å². The Hall–Kier alpha value is -2.81. The summed E-state index contributed by atoms with van der Waals surface area (Å²) in [7, 11) is -3.47. The molecule has 1 amide bonds. The van der Waals surface area contributed by atoms with Gasteiger partial charge in [-0.25, -0.2) is 22.2 Å². The predicted octanol–water partition coefficient (Wildman–Crippen LogP) is 4.05. The van der Waals surface area contributed by atoms with Gasteiger partial charge in [0.05, 0.1) is 22.3 Å². The molecule has 0 radical (unpaired) electrons. The summed E-state index contributed by atoms with van der Waals surface area (Å²) in [5.41, 5.74) is 1.35. The van der Waals surface area contributed by atoms with E-state index in [9.17, 15) is 22.0 Å². The molecule has 29 heavy (non-hydrogen) atoms. The Balaban J connectivity index is 1.75. The zero-order valence-corrected chi connectivity index (χ0v) is 16.7. The first-order valence-corrected chi connectivity index (χ1v) is 11.0. The molecule has 0 saturated carbocycles. The topological polar surface area (TPSA) is 91.9 Å². The lowest BCUT2D eigenvalue weighted by Crippen LogP contribution is -2.24. The van der Waals surface area contributed by atoms with E-state index in [0.29, 0.717) is 23.1 Å². The van der Waals surface area contributed by atoms with Gasteiger partial charge >= 0.3 is 0 Å². The number of carbonyl (C=O) groups is 1. The third-order valence-corrected chi connectivity index (χ3v) is 5.97. The molecule has 0 unspecified atom stereocenters. The maximum Gasteiger partial charge on any atom is 0.239 e. The fourth-order valence-corrected chi connectivity index (χ4v) is 4.19. The molecular formula is C20H21F2N3O3S. The van der Waals surface area contributed by atoms with Crippen molar-refractivity contribution >= 4 is 32.5 Å². The number of nitrogens with one attached hydrogen (secondary N) is 2. The molecule has 0 atom stereocenters. The maximum atomic E-state index is 14.0. The van der Waals surface area contributed by atoms with Crippen molar-refractivity contribution in [3.05, 3.63) is 48.0 Å². The average molecular weight is 421 g/mol. The van der Waals surface area contributed by atoms with Crippen LogP contribution in [0.25, 0.3) is 22.4 Å². The number of anilines is 1. The van der Waals surface area contributed by atoms with Gasteiger partial charge in [0.25, 0.3) is 0 Å². The van der Waals surface area contributed by atoms with Crippen LogP contribution >= 0.6 is 0 Å². The maximum absolute atomic E-state index is 14.0. The first kappa shape index (κ1) is 20.9. The van der Waals surface area contributed by atoms with Crippen molar-refractivity contribution in [2.24, 2.45) is 0 Å². The van der Waals surface area contributed by atoms with Gasteiger partial charge in [0.15, 0.2) is 9.84 Å². The second-order valence-corrected chi connectivity index (χ2v) is 8.97. The summed E-state index contributed by atoms with van der Waals surface area (Å²) in [6.45, 7) is 1.97. The van der Waals surface area contributed by atoms with Crippen LogP contribution in [-0.4, -0.2) is 35.8 Å². The molecule has 0 aliphatic rings. The van der Waals surface area contributed by atoms with Gasteiger partial charge in [0.1, 0.15) is 23.2 Å². The number of halogens is 2. The summed E-state index contributed by atoms with van der Waals surface area (Å²) >= 11 is 0. The molecule has 6 nitrogen and oxygen atoms in total. The smallest absolute Gasteiger partial charge is 0.239 e. The van der Waals surface area contributed by atoms with E-state index in [2.05, 4.69) is 15.3 Å². The molecule has 2 N–H and O–H groups in total. The highest BCUT2D eigenvalue weighted by Crippen LogP contribution is 2.25. The normalized spacial score (nSPS) is 11.7. The van der Waals surface area contributed by atoms with Gasteiger partial charge in [-0.15, -0.1) is 0 Å². The molecule has 0 saturated heterocycles. The second-order valence-electron chi connectivity index (χ2n) is 6.79. The molecule has 3 rings (SSSR count). The van der Waals surface area contributed by atoms with Crippen LogP contribution in [0.2, 0.25) is 0 Å². The first-order valence-electron chi connectivity index (χ1n) is 9.23. The molecule has 9 heteroatoms. The van der Waals surface area contributed by atoms with Gasteiger partial charge in [0, 0.05) is 5.69 Å². The monoisotopic (exact) mass is 421 g/mol. The lowest BCUT2D eigenvalue weighted by molar-refractivity contribution is -0.113. The minimum Gasteiger partial charge on any atom is -0.338 e. The standard InChI is InChI=1S/C20H21F2N3O3S/c1-2-3-4-9-29(27,28)12-19(26)23-14-6-8-17-18(11-14)25-20(24-17)15-10-13(21)5-7-16(15)22/h5-8,10-11H,2-4,9,12H2,1H3,(H,23,26)(H,24,25). The highest BCUT2D eigenvalue weighted by Gasteiger charge is 2.17. The Labute approximate surface area is 167 Å². The van der Waals surface area contributed by atoms with Crippen molar-refractivity contribution in [2.75, 3.05) is 16.8 Å². The van der Waals surface area contributed by atoms with Gasteiger partial charge in [-0.1, -0.05) is 19.8 Å². The minimum atomic E-state index is -3.47. The highest BCUT2D eigenvalue weighted by atomic mass is 32.2. The molecule has 0 spiro atoms. The highest BCUT2D eigenvalue weighted by molar-refractivity contribution is 7.92. The number of nitrogens with zero attached hydrogens (tertiary/aromatic N) is 1. The number of H-pyrrole nitrogens is 1. The van der Waals surface area contributed by atoms with Crippen LogP contribution in [0, 0.1) is 11.6 Å².